The first-order chi connectivity index (χ1) is 8.60. The summed E-state index contributed by atoms with van der Waals surface area (Å²) in [5.74, 6) is 0.0149. The average molecular weight is 291 g/mol. The van der Waals surface area contributed by atoms with E-state index in [9.17, 15) is 8.42 Å². The monoisotopic (exact) mass is 291 g/mol. The van der Waals surface area contributed by atoms with Gasteiger partial charge in [0.05, 0.1) is 11.3 Å². The molecule has 19 heavy (non-hydrogen) atoms. The van der Waals surface area contributed by atoms with Crippen LogP contribution in [0.3, 0.4) is 0 Å². The summed E-state index contributed by atoms with van der Waals surface area (Å²) < 4.78 is 27.0. The minimum Gasteiger partial charge on any atom is -0.409 e. The van der Waals surface area contributed by atoms with Crippen LogP contribution in [0.15, 0.2) is 5.16 Å². The van der Waals surface area contributed by atoms with Gasteiger partial charge in [0.1, 0.15) is 0 Å². The van der Waals surface area contributed by atoms with Crippen molar-refractivity contribution in [2.45, 2.75) is 58.4 Å². The van der Waals surface area contributed by atoms with Gasteiger partial charge in [0.2, 0.25) is 10.0 Å². The van der Waals surface area contributed by atoms with Crippen molar-refractivity contribution in [1.29, 1.82) is 0 Å². The largest absolute Gasteiger partial charge is 0.409 e. The number of hydrogen-bond acceptors (Lipinski definition) is 4. The maximum absolute atomic E-state index is 12.2. The fraction of sp³-hybridized carbons (Fsp3) is 0.917. The fourth-order valence-corrected chi connectivity index (χ4v) is 4.16. The first kappa shape index (κ1) is 16.2. The highest BCUT2D eigenvalue weighted by atomic mass is 32.2. The molecular weight excluding hydrogens is 266 g/mol. The predicted molar refractivity (Wildman–Crippen MR) is 75.6 cm³/mol. The van der Waals surface area contributed by atoms with E-state index in [0.717, 1.165) is 12.8 Å². The summed E-state index contributed by atoms with van der Waals surface area (Å²) in [6.45, 7) is 5.99. The molecule has 0 unspecified atom stereocenters. The molecule has 0 aromatic carbocycles. The molecule has 1 aliphatic rings. The lowest BCUT2D eigenvalue weighted by molar-refractivity contribution is 0.309. The van der Waals surface area contributed by atoms with Gasteiger partial charge in [0.15, 0.2) is 5.84 Å². The SMILES string of the molecule is CC(C)(C)CCS(=O)(=O)NC1(C(N)=NO)CCCC1. The Balaban J connectivity index is 2.80. The van der Waals surface area contributed by atoms with Crippen LogP contribution in [0.5, 0.6) is 0 Å². The third-order valence-corrected chi connectivity index (χ3v) is 4.97. The lowest BCUT2D eigenvalue weighted by atomic mass is 9.94. The zero-order valence-corrected chi connectivity index (χ0v) is 12.8. The number of hydrogen-bond donors (Lipinski definition) is 3. The maximum atomic E-state index is 12.2. The minimum atomic E-state index is -3.43. The van der Waals surface area contributed by atoms with Gasteiger partial charge in [0.25, 0.3) is 0 Å². The molecule has 1 fully saturated rings. The standard InChI is InChI=1S/C12H25N3O3S/c1-11(2,3)8-9-19(17,18)15-12(10(13)14-16)6-4-5-7-12/h15-16H,4-9H2,1-3H3,(H2,13,14). The van der Waals surface area contributed by atoms with Crippen LogP contribution in [0.25, 0.3) is 0 Å². The van der Waals surface area contributed by atoms with Crippen LogP contribution in [-0.2, 0) is 10.0 Å². The van der Waals surface area contributed by atoms with Crippen LogP contribution in [0, 0.1) is 5.41 Å². The van der Waals surface area contributed by atoms with Crippen LogP contribution < -0.4 is 10.5 Å². The molecule has 0 aromatic rings. The number of sulfonamides is 1. The van der Waals surface area contributed by atoms with Crippen molar-refractivity contribution in [3.8, 4) is 0 Å². The Labute approximate surface area is 115 Å². The summed E-state index contributed by atoms with van der Waals surface area (Å²) >= 11 is 0. The van der Waals surface area contributed by atoms with Gasteiger partial charge in [-0.15, -0.1) is 0 Å². The van der Waals surface area contributed by atoms with E-state index in [1.807, 2.05) is 20.8 Å². The van der Waals surface area contributed by atoms with Crippen molar-refractivity contribution in [2.24, 2.45) is 16.3 Å². The van der Waals surface area contributed by atoms with E-state index in [1.54, 1.807) is 0 Å². The zero-order chi connectivity index (χ0) is 14.7. The Morgan fingerprint density at radius 2 is 1.89 bits per heavy atom. The Hall–Kier alpha value is -0.820. The second-order valence-corrected chi connectivity index (χ2v) is 8.35. The summed E-state index contributed by atoms with van der Waals surface area (Å²) in [6.07, 6.45) is 3.47. The molecule has 0 bridgehead atoms. The van der Waals surface area contributed by atoms with Crippen molar-refractivity contribution < 1.29 is 13.6 Å². The highest BCUT2D eigenvalue weighted by Crippen LogP contribution is 2.31. The normalized spacial score (nSPS) is 20.7. The topological polar surface area (TPSA) is 105 Å². The van der Waals surface area contributed by atoms with Gasteiger partial charge < -0.3 is 10.9 Å². The Bertz CT molecular complexity index is 432. The molecule has 1 rings (SSSR count). The number of amidine groups is 1. The molecule has 0 spiro atoms. The van der Waals surface area contributed by atoms with E-state index >= 15 is 0 Å². The van der Waals surface area contributed by atoms with E-state index in [-0.39, 0.29) is 17.0 Å². The van der Waals surface area contributed by atoms with Crippen LogP contribution in [0.1, 0.15) is 52.9 Å². The maximum Gasteiger partial charge on any atom is 0.212 e. The molecular formula is C12H25N3O3S. The predicted octanol–water partition coefficient (Wildman–Crippen LogP) is 1.40. The van der Waals surface area contributed by atoms with E-state index in [2.05, 4.69) is 9.88 Å². The number of oxime groups is 1. The van der Waals surface area contributed by atoms with Crippen LogP contribution in [-0.4, -0.2) is 30.8 Å². The van der Waals surface area contributed by atoms with Gasteiger partial charge in [-0.25, -0.2) is 13.1 Å². The number of nitrogens with two attached hydrogens (primary N) is 1. The Morgan fingerprint density at radius 3 is 2.32 bits per heavy atom. The van der Waals surface area contributed by atoms with Gasteiger partial charge >= 0.3 is 0 Å². The number of nitrogens with one attached hydrogen (secondary N) is 1. The van der Waals surface area contributed by atoms with Gasteiger partial charge in [-0.2, -0.15) is 0 Å². The third kappa shape index (κ3) is 4.65. The molecule has 0 atom stereocenters. The zero-order valence-electron chi connectivity index (χ0n) is 11.9. The van der Waals surface area contributed by atoms with Gasteiger partial charge in [0, 0.05) is 0 Å². The molecule has 0 saturated heterocycles. The molecule has 1 saturated carbocycles. The van der Waals surface area contributed by atoms with Gasteiger partial charge in [-0.1, -0.05) is 38.8 Å². The van der Waals surface area contributed by atoms with E-state index in [0.29, 0.717) is 19.3 Å². The second-order valence-electron chi connectivity index (χ2n) is 6.51. The van der Waals surface area contributed by atoms with E-state index < -0.39 is 15.6 Å². The highest BCUT2D eigenvalue weighted by Gasteiger charge is 2.41. The van der Waals surface area contributed by atoms with E-state index in [1.165, 1.54) is 0 Å². The summed E-state index contributed by atoms with van der Waals surface area (Å²) in [7, 11) is -3.43. The minimum absolute atomic E-state index is 0.0377. The summed E-state index contributed by atoms with van der Waals surface area (Å²) in [5, 5.41) is 11.8. The smallest absolute Gasteiger partial charge is 0.212 e. The molecule has 0 heterocycles. The third-order valence-electron chi connectivity index (χ3n) is 3.53. The average Bonchev–Trinajstić information content (AvgIpc) is 2.73. The molecule has 4 N–H and O–H groups in total. The number of nitrogens with zero attached hydrogens (tertiary/aromatic N) is 1. The molecule has 112 valence electrons. The van der Waals surface area contributed by atoms with Crippen LogP contribution >= 0.6 is 0 Å². The quantitative estimate of drug-likeness (QED) is 0.308. The Kier molecular flexibility index (Phi) is 4.84. The van der Waals surface area contributed by atoms with Crippen molar-refractivity contribution in [3.05, 3.63) is 0 Å². The van der Waals surface area contributed by atoms with Crippen LogP contribution in [0.4, 0.5) is 0 Å². The molecule has 0 aliphatic heterocycles. The summed E-state index contributed by atoms with van der Waals surface area (Å²) in [5.41, 5.74) is 4.73. The highest BCUT2D eigenvalue weighted by molar-refractivity contribution is 7.89. The molecule has 7 heteroatoms. The molecule has 0 aromatic heterocycles. The number of rotatable bonds is 5. The van der Waals surface area contributed by atoms with Crippen molar-refractivity contribution in [2.75, 3.05) is 5.75 Å². The van der Waals surface area contributed by atoms with Crippen molar-refractivity contribution in [3.63, 3.8) is 0 Å². The van der Waals surface area contributed by atoms with Crippen molar-refractivity contribution in [1.82, 2.24) is 4.72 Å². The lowest BCUT2D eigenvalue weighted by Crippen LogP contribution is -2.56. The van der Waals surface area contributed by atoms with Gasteiger partial charge in [-0.05, 0) is 24.7 Å². The van der Waals surface area contributed by atoms with Crippen molar-refractivity contribution >= 4 is 15.9 Å². The molecule has 0 amide bonds. The summed E-state index contributed by atoms with van der Waals surface area (Å²) in [4.78, 5) is 0. The first-order valence-electron chi connectivity index (χ1n) is 6.60. The van der Waals surface area contributed by atoms with Gasteiger partial charge in [-0.3, -0.25) is 0 Å². The molecule has 0 radical (unpaired) electrons. The molecule has 6 nitrogen and oxygen atoms in total. The summed E-state index contributed by atoms with van der Waals surface area (Å²) in [6, 6.07) is 0. The van der Waals surface area contributed by atoms with Crippen LogP contribution in [0.2, 0.25) is 0 Å². The van der Waals surface area contributed by atoms with E-state index in [4.69, 9.17) is 10.9 Å². The lowest BCUT2D eigenvalue weighted by Gasteiger charge is -2.29. The molecule has 1 aliphatic carbocycles. The Morgan fingerprint density at radius 1 is 1.37 bits per heavy atom. The first-order valence-corrected chi connectivity index (χ1v) is 8.25. The fourth-order valence-electron chi connectivity index (χ4n) is 2.27. The second kappa shape index (κ2) is 5.66.